The number of alkyl halides is 3. The number of carboxylic acid groups (broad SMARTS) is 1. The van der Waals surface area contributed by atoms with E-state index in [4.69, 9.17) is 10.6 Å². The monoisotopic (exact) mass is 467 g/mol. The van der Waals surface area contributed by atoms with E-state index in [0.29, 0.717) is 17.7 Å². The molecule has 0 spiro atoms. The Morgan fingerprint density at radius 1 is 1.06 bits per heavy atom. The van der Waals surface area contributed by atoms with Crippen molar-refractivity contribution in [3.63, 3.8) is 0 Å². The maximum Gasteiger partial charge on any atom is 0.419 e. The highest BCUT2D eigenvalue weighted by molar-refractivity contribution is 5.95. The van der Waals surface area contributed by atoms with Gasteiger partial charge in [0.25, 0.3) is 11.8 Å². The fourth-order valence-electron chi connectivity index (χ4n) is 2.72. The van der Waals surface area contributed by atoms with Gasteiger partial charge in [0, 0.05) is 35.2 Å². The number of nitrogens with one attached hydrogen (secondary N) is 2. The number of amides is 2. The van der Waals surface area contributed by atoms with Gasteiger partial charge in [-0.25, -0.2) is 4.39 Å². The van der Waals surface area contributed by atoms with Crippen molar-refractivity contribution < 1.29 is 37.1 Å². The minimum atomic E-state index is -4.94. The van der Waals surface area contributed by atoms with Gasteiger partial charge < -0.3 is 15.7 Å². The minimum absolute atomic E-state index is 0.0853. The van der Waals surface area contributed by atoms with E-state index >= 15 is 0 Å². The molecule has 0 saturated carbocycles. The summed E-state index contributed by atoms with van der Waals surface area (Å²) in [4.78, 5) is 37.8. The molecule has 0 unspecified atom stereocenters. The van der Waals surface area contributed by atoms with Crippen LogP contribution >= 0.6 is 0 Å². The van der Waals surface area contributed by atoms with Gasteiger partial charge in [0.15, 0.2) is 0 Å². The second-order valence-electron chi connectivity index (χ2n) is 6.75. The highest BCUT2D eigenvalue weighted by Gasteiger charge is 2.34. The molecule has 0 aliphatic rings. The summed E-state index contributed by atoms with van der Waals surface area (Å²) in [5.41, 5.74) is 7.11. The van der Waals surface area contributed by atoms with Crippen LogP contribution in [-0.4, -0.2) is 35.5 Å². The first-order valence-electron chi connectivity index (χ1n) is 9.28. The van der Waals surface area contributed by atoms with Crippen molar-refractivity contribution in [1.82, 2.24) is 10.6 Å². The molecule has 174 valence electrons. The van der Waals surface area contributed by atoms with Gasteiger partial charge in [-0.05, 0) is 41.4 Å². The number of aliphatic carboxylic acids is 1. The summed E-state index contributed by atoms with van der Waals surface area (Å²) in [5, 5.41) is 17.0. The van der Waals surface area contributed by atoms with Crippen LogP contribution in [0.1, 0.15) is 38.3 Å². The maximum atomic E-state index is 13.4. The molecule has 33 heavy (non-hydrogen) atoms. The standard InChI is InChI=1S/C20H17F4N5O4/c21-16-6-5-13(7-15(16)20(22,23)24)18(32)26-9-11-1-3-12(4-2-11)19(33)28-14(8-17(30)31)10-27-29-25/h1-7,14H,8-10H2,(H,26,32)(H,28,33)(H,30,31)/t14-/m0/s1. The Balaban J connectivity index is 2.00. The van der Waals surface area contributed by atoms with E-state index in [-0.39, 0.29) is 24.2 Å². The summed E-state index contributed by atoms with van der Waals surface area (Å²) in [6, 6.07) is 6.72. The van der Waals surface area contributed by atoms with Crippen LogP contribution in [0.4, 0.5) is 17.6 Å². The van der Waals surface area contributed by atoms with Crippen LogP contribution in [0.15, 0.2) is 47.6 Å². The lowest BCUT2D eigenvalue weighted by atomic mass is 10.1. The van der Waals surface area contributed by atoms with Crippen molar-refractivity contribution >= 4 is 17.8 Å². The van der Waals surface area contributed by atoms with Crippen LogP contribution in [0.25, 0.3) is 10.4 Å². The number of carbonyl (C=O) groups excluding carboxylic acids is 2. The lowest BCUT2D eigenvalue weighted by Crippen LogP contribution is -2.38. The van der Waals surface area contributed by atoms with Gasteiger partial charge in [-0.1, -0.05) is 17.2 Å². The van der Waals surface area contributed by atoms with Crippen LogP contribution < -0.4 is 10.6 Å². The smallest absolute Gasteiger partial charge is 0.419 e. The topological polar surface area (TPSA) is 144 Å². The molecule has 13 heteroatoms. The summed E-state index contributed by atoms with van der Waals surface area (Å²) in [6.07, 6.45) is -5.39. The molecular weight excluding hydrogens is 450 g/mol. The van der Waals surface area contributed by atoms with Crippen molar-refractivity contribution in [1.29, 1.82) is 0 Å². The fourth-order valence-corrected chi connectivity index (χ4v) is 2.72. The first-order chi connectivity index (χ1) is 15.5. The number of azide groups is 1. The first kappa shape index (κ1) is 25.1. The van der Waals surface area contributed by atoms with Gasteiger partial charge in [0.05, 0.1) is 12.0 Å². The third-order valence-corrected chi connectivity index (χ3v) is 4.32. The van der Waals surface area contributed by atoms with E-state index in [0.717, 1.165) is 6.07 Å². The van der Waals surface area contributed by atoms with Crippen LogP contribution in [0.5, 0.6) is 0 Å². The number of hydrogen-bond donors (Lipinski definition) is 3. The van der Waals surface area contributed by atoms with E-state index in [1.54, 1.807) is 0 Å². The average molecular weight is 467 g/mol. The quantitative estimate of drug-likeness (QED) is 0.224. The largest absolute Gasteiger partial charge is 0.481 e. The molecule has 0 saturated heterocycles. The van der Waals surface area contributed by atoms with Gasteiger partial charge in [-0.15, -0.1) is 0 Å². The van der Waals surface area contributed by atoms with E-state index in [1.807, 2.05) is 0 Å². The van der Waals surface area contributed by atoms with E-state index in [1.165, 1.54) is 24.3 Å². The Bertz CT molecular complexity index is 1080. The highest BCUT2D eigenvalue weighted by atomic mass is 19.4. The number of rotatable bonds is 9. The molecule has 0 aliphatic carbocycles. The average Bonchev–Trinajstić information content (AvgIpc) is 2.75. The number of nitrogens with zero attached hydrogens (tertiary/aromatic N) is 3. The number of carbonyl (C=O) groups is 3. The molecule has 2 aromatic carbocycles. The number of halogens is 4. The predicted octanol–water partition coefficient (Wildman–Crippen LogP) is 3.66. The number of carboxylic acids is 1. The second-order valence-corrected chi connectivity index (χ2v) is 6.75. The zero-order valence-electron chi connectivity index (χ0n) is 16.8. The minimum Gasteiger partial charge on any atom is -0.481 e. The van der Waals surface area contributed by atoms with E-state index in [9.17, 15) is 31.9 Å². The zero-order valence-corrected chi connectivity index (χ0v) is 16.8. The molecule has 9 nitrogen and oxygen atoms in total. The van der Waals surface area contributed by atoms with Crippen molar-refractivity contribution in [3.8, 4) is 0 Å². The summed E-state index contributed by atoms with van der Waals surface area (Å²) >= 11 is 0. The third kappa shape index (κ3) is 7.51. The Morgan fingerprint density at radius 3 is 2.27 bits per heavy atom. The van der Waals surface area contributed by atoms with Crippen LogP contribution in [-0.2, 0) is 17.5 Å². The molecule has 2 aromatic rings. The molecule has 0 heterocycles. The Hall–Kier alpha value is -4.12. The van der Waals surface area contributed by atoms with Gasteiger partial charge >= 0.3 is 12.1 Å². The number of benzene rings is 2. The van der Waals surface area contributed by atoms with Gasteiger partial charge in [-0.2, -0.15) is 13.2 Å². The Kier molecular flexibility index (Phi) is 8.35. The highest BCUT2D eigenvalue weighted by Crippen LogP contribution is 2.31. The summed E-state index contributed by atoms with van der Waals surface area (Å²) in [6.45, 7) is -0.337. The van der Waals surface area contributed by atoms with Crippen molar-refractivity contribution in [2.75, 3.05) is 6.54 Å². The van der Waals surface area contributed by atoms with Crippen molar-refractivity contribution in [3.05, 3.63) is 81.0 Å². The Morgan fingerprint density at radius 2 is 1.70 bits per heavy atom. The van der Waals surface area contributed by atoms with Crippen molar-refractivity contribution in [2.45, 2.75) is 25.2 Å². The molecule has 0 aromatic heterocycles. The van der Waals surface area contributed by atoms with Gasteiger partial charge in [-0.3, -0.25) is 14.4 Å². The molecular formula is C20H17F4N5O4. The molecule has 1 atom stereocenters. The fraction of sp³-hybridized carbons (Fsp3) is 0.250. The van der Waals surface area contributed by atoms with Gasteiger partial charge in [0.1, 0.15) is 5.82 Å². The molecule has 2 amide bonds. The van der Waals surface area contributed by atoms with E-state index in [2.05, 4.69) is 20.7 Å². The third-order valence-electron chi connectivity index (χ3n) is 4.32. The molecule has 3 N–H and O–H groups in total. The molecule has 0 fully saturated rings. The van der Waals surface area contributed by atoms with E-state index < -0.39 is 47.8 Å². The molecule has 0 radical (unpaired) electrons. The second kappa shape index (κ2) is 11.0. The number of hydrogen-bond acceptors (Lipinski definition) is 4. The Labute approximate surface area is 184 Å². The maximum absolute atomic E-state index is 13.4. The summed E-state index contributed by atoms with van der Waals surface area (Å²) in [5.74, 6) is -4.14. The summed E-state index contributed by atoms with van der Waals surface area (Å²) in [7, 11) is 0. The SMILES string of the molecule is [N-]=[N+]=NC[C@H](CC(=O)O)NC(=O)c1ccc(CNC(=O)c2ccc(F)c(C(F)(F)F)c2)cc1. The van der Waals surface area contributed by atoms with Crippen molar-refractivity contribution in [2.24, 2.45) is 5.11 Å². The van der Waals surface area contributed by atoms with Crippen LogP contribution in [0, 0.1) is 5.82 Å². The molecule has 2 rings (SSSR count). The van der Waals surface area contributed by atoms with Crippen LogP contribution in [0.3, 0.4) is 0 Å². The van der Waals surface area contributed by atoms with Gasteiger partial charge in [0.2, 0.25) is 0 Å². The zero-order chi connectivity index (χ0) is 24.6. The lowest BCUT2D eigenvalue weighted by Gasteiger charge is -2.15. The first-order valence-corrected chi connectivity index (χ1v) is 9.28. The molecule has 0 bridgehead atoms. The normalized spacial score (nSPS) is 11.8. The summed E-state index contributed by atoms with van der Waals surface area (Å²) < 4.78 is 51.7. The van der Waals surface area contributed by atoms with Crippen LogP contribution in [0.2, 0.25) is 0 Å². The predicted molar refractivity (Wildman–Crippen MR) is 107 cm³/mol. The lowest BCUT2D eigenvalue weighted by molar-refractivity contribution is -0.140. The molecule has 0 aliphatic heterocycles.